The number of hydrogen-bond acceptors (Lipinski definition) is 5. The molecule has 0 aliphatic rings. The number of aromatic nitrogens is 1. The van der Waals surface area contributed by atoms with Gasteiger partial charge in [-0.05, 0) is 44.2 Å². The van der Waals surface area contributed by atoms with Crippen molar-refractivity contribution in [2.45, 2.75) is 18.7 Å². The van der Waals surface area contributed by atoms with Gasteiger partial charge in [0.2, 0.25) is 0 Å². The molecule has 1 aromatic carbocycles. The van der Waals surface area contributed by atoms with E-state index in [1.165, 1.54) is 19.4 Å². The number of nitrogens with one attached hydrogen (secondary N) is 1. The van der Waals surface area contributed by atoms with Gasteiger partial charge in [0, 0.05) is 17.6 Å². The maximum Gasteiger partial charge on any atom is 0.265 e. The zero-order valence-corrected chi connectivity index (χ0v) is 16.2. The molecule has 2 rings (SSSR count). The van der Waals surface area contributed by atoms with Gasteiger partial charge in [0.15, 0.2) is 0 Å². The van der Waals surface area contributed by atoms with Crippen molar-refractivity contribution in [2.24, 2.45) is 0 Å². The van der Waals surface area contributed by atoms with Crippen LogP contribution >= 0.6 is 15.9 Å². The molecule has 0 atom stereocenters. The van der Waals surface area contributed by atoms with E-state index in [1.54, 1.807) is 24.3 Å². The third-order valence-corrected chi connectivity index (χ3v) is 5.40. The fraction of sp³-hybridized carbons (Fsp3) is 0.312. The molecule has 0 aliphatic carbocycles. The first-order valence-corrected chi connectivity index (χ1v) is 9.76. The van der Waals surface area contributed by atoms with Crippen LogP contribution in [0.3, 0.4) is 0 Å². The van der Waals surface area contributed by atoms with Crippen LogP contribution in [0.15, 0.2) is 45.9 Å². The second kappa shape index (κ2) is 7.85. The van der Waals surface area contributed by atoms with Gasteiger partial charge in [-0.2, -0.15) is 0 Å². The highest BCUT2D eigenvalue weighted by molar-refractivity contribution is 9.10. The molecule has 0 unspecified atom stereocenters. The Morgan fingerprint density at radius 2 is 1.92 bits per heavy atom. The lowest BCUT2D eigenvalue weighted by molar-refractivity contribution is 0.403. The summed E-state index contributed by atoms with van der Waals surface area (Å²) in [7, 11) is -2.35. The van der Waals surface area contributed by atoms with Crippen LogP contribution in [-0.4, -0.2) is 33.6 Å². The summed E-state index contributed by atoms with van der Waals surface area (Å²) in [6.07, 6.45) is 1.51. The highest BCUT2D eigenvalue weighted by Crippen LogP contribution is 2.29. The van der Waals surface area contributed by atoms with Crippen molar-refractivity contribution >= 4 is 37.5 Å². The highest BCUT2D eigenvalue weighted by Gasteiger charge is 2.20. The number of halogens is 1. The van der Waals surface area contributed by atoms with Crippen molar-refractivity contribution in [2.75, 3.05) is 29.8 Å². The molecule has 8 heteroatoms. The second-order valence-corrected chi connectivity index (χ2v) is 7.54. The third kappa shape index (κ3) is 4.18. The molecule has 0 amide bonds. The van der Waals surface area contributed by atoms with Crippen LogP contribution in [0.25, 0.3) is 0 Å². The minimum atomic E-state index is -3.78. The SMILES string of the molecule is CCN(CC)c1ccc(NS(=O)(=O)c2cc(Br)ccc2OC)cn1. The predicted octanol–water partition coefficient (Wildman–Crippen LogP) is 3.50. The van der Waals surface area contributed by atoms with Crippen LogP contribution in [0.1, 0.15) is 13.8 Å². The van der Waals surface area contributed by atoms with Crippen LogP contribution in [0.2, 0.25) is 0 Å². The second-order valence-electron chi connectivity index (χ2n) is 4.98. The normalized spacial score (nSPS) is 11.2. The van der Waals surface area contributed by atoms with Crippen LogP contribution in [0.4, 0.5) is 11.5 Å². The van der Waals surface area contributed by atoms with E-state index in [2.05, 4.69) is 30.5 Å². The summed E-state index contributed by atoms with van der Waals surface area (Å²) in [6, 6.07) is 8.31. The summed E-state index contributed by atoms with van der Waals surface area (Å²) in [5.41, 5.74) is 0.396. The molecule has 0 aliphatic heterocycles. The number of anilines is 2. The van der Waals surface area contributed by atoms with E-state index in [-0.39, 0.29) is 10.6 Å². The Morgan fingerprint density at radius 1 is 1.21 bits per heavy atom. The molecule has 0 fully saturated rings. The fourth-order valence-electron chi connectivity index (χ4n) is 2.25. The average molecular weight is 414 g/mol. The molecule has 1 heterocycles. The van der Waals surface area contributed by atoms with E-state index in [0.29, 0.717) is 10.2 Å². The van der Waals surface area contributed by atoms with E-state index in [9.17, 15) is 8.42 Å². The van der Waals surface area contributed by atoms with Crippen molar-refractivity contribution in [1.29, 1.82) is 0 Å². The van der Waals surface area contributed by atoms with Crippen LogP contribution < -0.4 is 14.4 Å². The van der Waals surface area contributed by atoms with Crippen molar-refractivity contribution in [3.8, 4) is 5.75 Å². The molecule has 0 saturated heterocycles. The zero-order valence-electron chi connectivity index (χ0n) is 13.8. The van der Waals surface area contributed by atoms with Gasteiger partial charge in [0.1, 0.15) is 16.5 Å². The molecular formula is C16H20BrN3O3S. The number of ether oxygens (including phenoxy) is 1. The van der Waals surface area contributed by atoms with Gasteiger partial charge in [0.05, 0.1) is 19.0 Å². The summed E-state index contributed by atoms with van der Waals surface area (Å²) in [5.74, 6) is 1.08. The standard InChI is InChI=1S/C16H20BrN3O3S/c1-4-20(5-2)16-9-7-13(11-18-16)19-24(21,22)15-10-12(17)6-8-14(15)23-3/h6-11,19H,4-5H2,1-3H3. The summed E-state index contributed by atoms with van der Waals surface area (Å²) in [4.78, 5) is 6.46. The first-order chi connectivity index (χ1) is 11.4. The summed E-state index contributed by atoms with van der Waals surface area (Å²) in [5, 5.41) is 0. The molecule has 130 valence electrons. The molecule has 0 radical (unpaired) electrons. The molecule has 1 N–H and O–H groups in total. The Bertz CT molecular complexity index is 791. The number of nitrogens with zero attached hydrogens (tertiary/aromatic N) is 2. The maximum absolute atomic E-state index is 12.6. The Balaban J connectivity index is 2.28. The first-order valence-electron chi connectivity index (χ1n) is 7.48. The summed E-state index contributed by atoms with van der Waals surface area (Å²) >= 11 is 3.28. The molecule has 1 aromatic heterocycles. The molecule has 0 spiro atoms. The number of benzene rings is 1. The quantitative estimate of drug-likeness (QED) is 0.751. The zero-order chi connectivity index (χ0) is 17.7. The summed E-state index contributed by atoms with van der Waals surface area (Å²) < 4.78 is 33.6. The smallest absolute Gasteiger partial charge is 0.265 e. The lowest BCUT2D eigenvalue weighted by Gasteiger charge is -2.19. The topological polar surface area (TPSA) is 71.5 Å². The van der Waals surface area contributed by atoms with Gasteiger partial charge in [-0.25, -0.2) is 13.4 Å². The van der Waals surface area contributed by atoms with Crippen molar-refractivity contribution < 1.29 is 13.2 Å². The lowest BCUT2D eigenvalue weighted by atomic mass is 10.3. The number of rotatable bonds is 7. The minimum absolute atomic E-state index is 0.0622. The van der Waals surface area contributed by atoms with Gasteiger partial charge >= 0.3 is 0 Å². The molecular weight excluding hydrogens is 394 g/mol. The van der Waals surface area contributed by atoms with Gasteiger partial charge in [-0.3, -0.25) is 4.72 Å². The highest BCUT2D eigenvalue weighted by atomic mass is 79.9. The monoisotopic (exact) mass is 413 g/mol. The van der Waals surface area contributed by atoms with E-state index in [0.717, 1.165) is 18.9 Å². The maximum atomic E-state index is 12.6. The number of methoxy groups -OCH3 is 1. The Labute approximate surface area is 151 Å². The molecule has 6 nitrogen and oxygen atoms in total. The van der Waals surface area contributed by atoms with Crippen LogP contribution in [0.5, 0.6) is 5.75 Å². The van der Waals surface area contributed by atoms with Crippen molar-refractivity contribution in [3.63, 3.8) is 0 Å². The van der Waals surface area contributed by atoms with E-state index < -0.39 is 10.0 Å². The first kappa shape index (κ1) is 18.5. The fourth-order valence-corrected chi connectivity index (χ4v) is 4.00. The van der Waals surface area contributed by atoms with E-state index >= 15 is 0 Å². The van der Waals surface area contributed by atoms with Crippen LogP contribution in [0, 0.1) is 0 Å². The third-order valence-electron chi connectivity index (χ3n) is 3.50. The molecule has 0 bridgehead atoms. The van der Waals surface area contributed by atoms with Gasteiger partial charge in [-0.1, -0.05) is 15.9 Å². The van der Waals surface area contributed by atoms with Crippen molar-refractivity contribution in [1.82, 2.24) is 4.98 Å². The Morgan fingerprint density at radius 3 is 2.46 bits per heavy atom. The van der Waals surface area contributed by atoms with E-state index in [1.807, 2.05) is 13.8 Å². The Kier molecular flexibility index (Phi) is 6.06. The number of pyridine rings is 1. The number of hydrogen-bond donors (Lipinski definition) is 1. The number of sulfonamides is 1. The summed E-state index contributed by atoms with van der Waals surface area (Å²) in [6.45, 7) is 5.76. The van der Waals surface area contributed by atoms with Gasteiger partial charge in [-0.15, -0.1) is 0 Å². The molecule has 24 heavy (non-hydrogen) atoms. The van der Waals surface area contributed by atoms with E-state index in [4.69, 9.17) is 4.74 Å². The Hall–Kier alpha value is -1.80. The average Bonchev–Trinajstić information content (AvgIpc) is 2.57. The molecule has 2 aromatic rings. The van der Waals surface area contributed by atoms with Gasteiger partial charge < -0.3 is 9.64 Å². The lowest BCUT2D eigenvalue weighted by Crippen LogP contribution is -2.23. The molecule has 0 saturated carbocycles. The minimum Gasteiger partial charge on any atom is -0.495 e. The largest absolute Gasteiger partial charge is 0.495 e. The predicted molar refractivity (Wildman–Crippen MR) is 99.3 cm³/mol. The van der Waals surface area contributed by atoms with Crippen LogP contribution in [-0.2, 0) is 10.0 Å². The van der Waals surface area contributed by atoms with Gasteiger partial charge in [0.25, 0.3) is 10.0 Å². The van der Waals surface area contributed by atoms with Crippen molar-refractivity contribution in [3.05, 3.63) is 41.0 Å².